The molecule has 0 unspecified atom stereocenters. The lowest BCUT2D eigenvalue weighted by Gasteiger charge is -2.19. The largest absolute Gasteiger partial charge is 0.456 e. The van der Waals surface area contributed by atoms with E-state index >= 15 is 0 Å². The molecule has 12 rings (SSSR count). The molecular weight excluding hydrogens is 717 g/mol. The molecule has 0 saturated carbocycles. The first kappa shape index (κ1) is 33.4. The van der Waals surface area contributed by atoms with Gasteiger partial charge in [-0.1, -0.05) is 145 Å². The minimum absolute atomic E-state index is 0.904. The summed E-state index contributed by atoms with van der Waals surface area (Å²) in [4.78, 5) is 5.13. The van der Waals surface area contributed by atoms with E-state index in [-0.39, 0.29) is 0 Å². The van der Waals surface area contributed by atoms with E-state index in [0.717, 1.165) is 50.0 Å². The van der Waals surface area contributed by atoms with Gasteiger partial charge in [0, 0.05) is 22.0 Å². The molecule has 0 spiro atoms. The van der Waals surface area contributed by atoms with Crippen molar-refractivity contribution in [2.75, 3.05) is 0 Å². The minimum Gasteiger partial charge on any atom is -0.456 e. The monoisotopic (exact) mass is 752 g/mol. The summed E-state index contributed by atoms with van der Waals surface area (Å²) >= 11 is 0. The highest BCUT2D eigenvalue weighted by Crippen LogP contribution is 2.46. The third-order valence-corrected chi connectivity index (χ3v) is 12.0. The molecule has 3 heteroatoms. The van der Waals surface area contributed by atoms with E-state index < -0.39 is 0 Å². The predicted molar refractivity (Wildman–Crippen MR) is 247 cm³/mol. The smallest absolute Gasteiger partial charge is 0.145 e. The first-order valence-corrected chi connectivity index (χ1v) is 20.2. The molecule has 2 heterocycles. The molecule has 12 aromatic rings. The fourth-order valence-corrected chi connectivity index (χ4v) is 9.25. The molecule has 0 bridgehead atoms. The van der Waals surface area contributed by atoms with Gasteiger partial charge in [0.15, 0.2) is 0 Å². The van der Waals surface area contributed by atoms with Gasteiger partial charge in [-0.25, -0.2) is 4.98 Å². The second kappa shape index (κ2) is 13.2. The van der Waals surface area contributed by atoms with Crippen molar-refractivity contribution in [3.05, 3.63) is 206 Å². The van der Waals surface area contributed by atoms with Crippen molar-refractivity contribution < 1.29 is 4.42 Å². The molecule has 2 aromatic heterocycles. The average molecular weight is 753 g/mol. The molecule has 0 aliphatic rings. The van der Waals surface area contributed by atoms with Crippen LogP contribution < -0.4 is 0 Å². The maximum Gasteiger partial charge on any atom is 0.145 e. The zero-order chi connectivity index (χ0) is 39.0. The second-order valence-corrected chi connectivity index (χ2v) is 15.6. The number of aryl methyl sites for hydroxylation is 1. The Morgan fingerprint density at radius 1 is 0.390 bits per heavy atom. The number of hydrogen-bond acceptors (Lipinski definition) is 2. The lowest BCUT2D eigenvalue weighted by Crippen LogP contribution is -1.97. The number of benzene rings is 10. The Bertz CT molecular complexity index is 3610. The Labute approximate surface area is 341 Å². The highest BCUT2D eigenvalue weighted by atomic mass is 16.3. The van der Waals surface area contributed by atoms with E-state index in [0.29, 0.717) is 0 Å². The van der Waals surface area contributed by atoms with Crippen molar-refractivity contribution in [1.82, 2.24) is 9.55 Å². The lowest BCUT2D eigenvalue weighted by molar-refractivity contribution is 0.669. The van der Waals surface area contributed by atoms with Crippen LogP contribution in [0.1, 0.15) is 5.56 Å². The van der Waals surface area contributed by atoms with E-state index in [1.807, 2.05) is 12.1 Å². The van der Waals surface area contributed by atoms with Crippen LogP contribution in [0.4, 0.5) is 0 Å². The van der Waals surface area contributed by atoms with Gasteiger partial charge in [-0.3, -0.25) is 4.57 Å². The van der Waals surface area contributed by atoms with Crippen LogP contribution in [-0.2, 0) is 0 Å². The van der Waals surface area contributed by atoms with Crippen LogP contribution in [0.5, 0.6) is 0 Å². The molecule has 0 amide bonds. The molecule has 0 aliphatic heterocycles. The Balaban J connectivity index is 1.04. The summed E-state index contributed by atoms with van der Waals surface area (Å²) in [6, 6.07) is 72.3. The normalized spacial score (nSPS) is 11.8. The Kier molecular flexibility index (Phi) is 7.45. The van der Waals surface area contributed by atoms with Crippen molar-refractivity contribution in [2.45, 2.75) is 6.92 Å². The number of aromatic nitrogens is 2. The van der Waals surface area contributed by atoms with Crippen LogP contribution in [0.3, 0.4) is 0 Å². The predicted octanol–water partition coefficient (Wildman–Crippen LogP) is 15.4. The number of hydrogen-bond donors (Lipinski definition) is 0. The first-order valence-electron chi connectivity index (χ1n) is 20.2. The summed E-state index contributed by atoms with van der Waals surface area (Å²) in [6.45, 7) is 2.19. The summed E-state index contributed by atoms with van der Waals surface area (Å²) in [5, 5.41) is 9.58. The highest BCUT2D eigenvalue weighted by molar-refractivity contribution is 6.23. The summed E-state index contributed by atoms with van der Waals surface area (Å²) in [5.74, 6) is 0.935. The molecule has 0 atom stereocenters. The molecule has 0 aliphatic carbocycles. The lowest BCUT2D eigenvalue weighted by atomic mass is 9.84. The molecule has 0 saturated heterocycles. The fraction of sp³-hybridized carbons (Fsp3) is 0.0179. The van der Waals surface area contributed by atoms with E-state index in [9.17, 15) is 0 Å². The number of imidazole rings is 1. The molecule has 0 N–H and O–H groups in total. The summed E-state index contributed by atoms with van der Waals surface area (Å²) in [6.07, 6.45) is 0. The second-order valence-electron chi connectivity index (χ2n) is 15.6. The van der Waals surface area contributed by atoms with Gasteiger partial charge < -0.3 is 4.42 Å². The Hall–Kier alpha value is -7.75. The van der Waals surface area contributed by atoms with E-state index in [1.54, 1.807) is 0 Å². The number of rotatable bonds is 5. The summed E-state index contributed by atoms with van der Waals surface area (Å²) in [7, 11) is 0. The van der Waals surface area contributed by atoms with Crippen LogP contribution in [0.2, 0.25) is 0 Å². The molecule has 0 radical (unpaired) electrons. The van der Waals surface area contributed by atoms with Crippen molar-refractivity contribution in [2.24, 2.45) is 0 Å². The number of nitrogens with zero attached hydrogens (tertiary/aromatic N) is 2. The summed E-state index contributed by atoms with van der Waals surface area (Å²) in [5.41, 5.74) is 14.5. The first-order chi connectivity index (χ1) is 29.1. The van der Waals surface area contributed by atoms with Gasteiger partial charge in [-0.2, -0.15) is 0 Å². The maximum atomic E-state index is 6.27. The molecule has 0 fully saturated rings. The topological polar surface area (TPSA) is 31.0 Å². The molecule has 59 heavy (non-hydrogen) atoms. The zero-order valence-electron chi connectivity index (χ0n) is 32.4. The highest BCUT2D eigenvalue weighted by Gasteiger charge is 2.20. The van der Waals surface area contributed by atoms with Crippen molar-refractivity contribution >= 4 is 65.3 Å². The van der Waals surface area contributed by atoms with Crippen LogP contribution >= 0.6 is 0 Å². The molecule has 3 nitrogen and oxygen atoms in total. The Morgan fingerprint density at radius 3 is 1.83 bits per heavy atom. The van der Waals surface area contributed by atoms with Crippen molar-refractivity contribution in [3.63, 3.8) is 0 Å². The third kappa shape index (κ3) is 5.40. The molecule has 10 aromatic carbocycles. The van der Waals surface area contributed by atoms with Gasteiger partial charge >= 0.3 is 0 Å². The molecule has 276 valence electrons. The third-order valence-electron chi connectivity index (χ3n) is 12.0. The van der Waals surface area contributed by atoms with Gasteiger partial charge in [-0.05, 0) is 133 Å². The quantitative estimate of drug-likeness (QED) is 0.164. The van der Waals surface area contributed by atoms with Crippen LogP contribution in [0.15, 0.2) is 205 Å². The number of fused-ring (bicyclic) bond motifs is 7. The van der Waals surface area contributed by atoms with E-state index in [1.165, 1.54) is 71.3 Å². The van der Waals surface area contributed by atoms with Crippen LogP contribution in [-0.4, -0.2) is 9.55 Å². The van der Waals surface area contributed by atoms with Gasteiger partial charge in [0.25, 0.3) is 0 Å². The zero-order valence-corrected chi connectivity index (χ0v) is 32.4. The molecular formula is C56H36N2O. The van der Waals surface area contributed by atoms with Gasteiger partial charge in [-0.15, -0.1) is 0 Å². The van der Waals surface area contributed by atoms with E-state index in [2.05, 4.69) is 200 Å². The fourth-order valence-electron chi connectivity index (χ4n) is 9.25. The number of para-hydroxylation sites is 4. The standard InChI is InChI=1S/C56H36N2O/c1-35-20-27-45-48(30-35)55(41-26-29-53-47(34-41)44-16-8-11-19-52(44)59-53)46-28-25-40(33-49(46)54(45)36-12-4-2-5-13-36)38-21-22-39-32-42(24-23-37(39)31-38)56-57-50-17-9-10-18-51(50)58(56)43-14-6-3-7-15-43/h2-34H,1H3. The maximum absolute atomic E-state index is 6.27. The van der Waals surface area contributed by atoms with Gasteiger partial charge in [0.1, 0.15) is 17.0 Å². The van der Waals surface area contributed by atoms with Crippen molar-refractivity contribution in [1.29, 1.82) is 0 Å². The number of furan rings is 1. The minimum atomic E-state index is 0.904. The van der Waals surface area contributed by atoms with E-state index in [4.69, 9.17) is 9.40 Å². The Morgan fingerprint density at radius 2 is 0.983 bits per heavy atom. The average Bonchev–Trinajstić information content (AvgIpc) is 3.87. The van der Waals surface area contributed by atoms with Gasteiger partial charge in [0.05, 0.1) is 11.0 Å². The SMILES string of the molecule is Cc1ccc2c(-c3ccccc3)c3cc(-c4ccc5cc(-c6nc7ccccc7n6-c6ccccc6)ccc5c4)ccc3c(-c3ccc4oc5ccccc5c4c3)c2c1. The van der Waals surface area contributed by atoms with Gasteiger partial charge in [0.2, 0.25) is 0 Å². The summed E-state index contributed by atoms with van der Waals surface area (Å²) < 4.78 is 8.53. The van der Waals surface area contributed by atoms with Crippen LogP contribution in [0, 0.1) is 6.92 Å². The van der Waals surface area contributed by atoms with Crippen LogP contribution in [0.25, 0.3) is 116 Å². The van der Waals surface area contributed by atoms with Crippen molar-refractivity contribution in [3.8, 4) is 50.5 Å².